The van der Waals surface area contributed by atoms with E-state index in [0.29, 0.717) is 15.9 Å². The van der Waals surface area contributed by atoms with Crippen molar-refractivity contribution in [3.63, 3.8) is 0 Å². The van der Waals surface area contributed by atoms with Gasteiger partial charge in [-0.3, -0.25) is 4.90 Å². The maximum absolute atomic E-state index is 13.2. The molecule has 0 bridgehead atoms. The summed E-state index contributed by atoms with van der Waals surface area (Å²) in [7, 11) is -3.57. The quantitative estimate of drug-likeness (QED) is 0.286. The van der Waals surface area contributed by atoms with E-state index in [2.05, 4.69) is 0 Å². The van der Waals surface area contributed by atoms with E-state index in [1.807, 2.05) is 102 Å². The number of hydrogen-bond donors (Lipinski definition) is 0. The number of rotatable bonds is 7. The summed E-state index contributed by atoms with van der Waals surface area (Å²) in [5.41, 5.74) is 2.74. The van der Waals surface area contributed by atoms with Gasteiger partial charge in [0.1, 0.15) is 11.5 Å². The summed E-state index contributed by atoms with van der Waals surface area (Å²) in [6, 6.07) is 38.1. The molecule has 1 aromatic heterocycles. The summed E-state index contributed by atoms with van der Waals surface area (Å²) in [4.78, 5) is 7.29. The van der Waals surface area contributed by atoms with Crippen LogP contribution in [-0.2, 0) is 15.7 Å². The van der Waals surface area contributed by atoms with Crippen molar-refractivity contribution in [3.8, 4) is 11.4 Å². The van der Waals surface area contributed by atoms with Gasteiger partial charge in [-0.2, -0.15) is 3.96 Å². The molecule has 0 unspecified atom stereocenters. The van der Waals surface area contributed by atoms with Gasteiger partial charge in [0.25, 0.3) is 0 Å². The van der Waals surface area contributed by atoms with Gasteiger partial charge in [-0.05, 0) is 53.5 Å². The normalized spacial score (nSPS) is 11.0. The van der Waals surface area contributed by atoms with E-state index in [1.165, 1.54) is 11.5 Å². The van der Waals surface area contributed by atoms with Crippen LogP contribution < -0.4 is 25.8 Å². The topological polar surface area (TPSA) is 54.2 Å². The minimum absolute atomic E-state index is 0. The largest absolute Gasteiger partial charge is 1.00 e. The van der Waals surface area contributed by atoms with Gasteiger partial charge in [0.2, 0.25) is 15.7 Å². The summed E-state index contributed by atoms with van der Waals surface area (Å²) in [5, 5.41) is 0.680. The molecule has 5 nitrogen and oxygen atoms in total. The number of halogens is 1. The van der Waals surface area contributed by atoms with Crippen molar-refractivity contribution in [2.45, 2.75) is 10.8 Å². The number of aromatic nitrogens is 2. The van der Waals surface area contributed by atoms with Crippen LogP contribution in [0.25, 0.3) is 11.4 Å². The van der Waals surface area contributed by atoms with Crippen molar-refractivity contribution < 1.29 is 29.4 Å². The lowest BCUT2D eigenvalue weighted by atomic mass is 10.2. The molecule has 0 saturated carbocycles. The monoisotopic (exact) mass is 563 g/mol. The molecule has 176 valence electrons. The van der Waals surface area contributed by atoms with Gasteiger partial charge in [0.15, 0.2) is 0 Å². The molecular formula is C27H22BrN3O2S2. The zero-order valence-electron chi connectivity index (χ0n) is 18.6. The van der Waals surface area contributed by atoms with Gasteiger partial charge in [0.05, 0.1) is 21.8 Å². The van der Waals surface area contributed by atoms with Gasteiger partial charge in [0, 0.05) is 0 Å². The summed E-state index contributed by atoms with van der Waals surface area (Å²) in [6.45, 7) is 0. The third-order valence-electron chi connectivity index (χ3n) is 5.27. The van der Waals surface area contributed by atoms with Crippen molar-refractivity contribution in [1.29, 1.82) is 0 Å². The maximum atomic E-state index is 13.2. The highest BCUT2D eigenvalue weighted by molar-refractivity contribution is 7.90. The number of para-hydroxylation sites is 2. The fraction of sp³-hybridized carbons (Fsp3) is 0.0370. The first-order chi connectivity index (χ1) is 16.6. The standard InChI is InChI=1S/C27H22N3O2S2.BrH/c31-34(32,25-19-11-4-12-20-25)21-29-26(22-13-5-1-6-14-22)28-27(33-29)30(23-15-7-2-8-16-23)24-17-9-3-10-18-24;/h1-20H,21H2;1H/q+1;/p-1. The van der Waals surface area contributed by atoms with Crippen LogP contribution in [-0.4, -0.2) is 13.4 Å². The minimum Gasteiger partial charge on any atom is -1.00 e. The molecule has 0 fully saturated rings. The molecule has 4 aromatic carbocycles. The van der Waals surface area contributed by atoms with E-state index in [4.69, 9.17) is 4.98 Å². The van der Waals surface area contributed by atoms with Crippen molar-refractivity contribution in [1.82, 2.24) is 4.98 Å². The first-order valence-electron chi connectivity index (χ1n) is 10.8. The van der Waals surface area contributed by atoms with Crippen LogP contribution in [0.5, 0.6) is 0 Å². The van der Waals surface area contributed by atoms with Crippen molar-refractivity contribution in [2.24, 2.45) is 0 Å². The first-order valence-corrected chi connectivity index (χ1v) is 13.2. The Morgan fingerprint density at radius 1 is 0.686 bits per heavy atom. The van der Waals surface area contributed by atoms with E-state index < -0.39 is 9.84 Å². The molecule has 5 rings (SSSR count). The molecule has 0 aliphatic rings. The van der Waals surface area contributed by atoms with Gasteiger partial charge < -0.3 is 17.0 Å². The van der Waals surface area contributed by atoms with Gasteiger partial charge >= 0.3 is 11.0 Å². The van der Waals surface area contributed by atoms with Crippen LogP contribution in [0.2, 0.25) is 0 Å². The molecule has 0 aliphatic carbocycles. The molecule has 5 aromatic rings. The van der Waals surface area contributed by atoms with Crippen molar-refractivity contribution in [2.75, 3.05) is 4.90 Å². The van der Waals surface area contributed by atoms with Gasteiger partial charge in [-0.15, -0.1) is 0 Å². The molecule has 0 atom stereocenters. The molecule has 0 spiro atoms. The average Bonchev–Trinajstić information content (AvgIpc) is 3.29. The second-order valence-electron chi connectivity index (χ2n) is 7.62. The average molecular weight is 565 g/mol. The Morgan fingerprint density at radius 3 is 1.66 bits per heavy atom. The Hall–Kier alpha value is -3.33. The third-order valence-corrected chi connectivity index (χ3v) is 7.98. The minimum atomic E-state index is -3.57. The van der Waals surface area contributed by atoms with E-state index >= 15 is 0 Å². The first kappa shape index (κ1) is 24.8. The predicted octanol–water partition coefficient (Wildman–Crippen LogP) is 3.00. The molecule has 35 heavy (non-hydrogen) atoms. The second kappa shape index (κ2) is 10.9. The second-order valence-corrected chi connectivity index (χ2v) is 10.6. The lowest BCUT2D eigenvalue weighted by Crippen LogP contribution is -3.00. The van der Waals surface area contributed by atoms with Gasteiger partial charge in [-0.25, -0.2) is 8.42 Å². The Morgan fingerprint density at radius 2 is 1.14 bits per heavy atom. The lowest BCUT2D eigenvalue weighted by molar-refractivity contribution is -0.597. The molecule has 0 saturated heterocycles. The number of hydrogen-bond acceptors (Lipinski definition) is 5. The van der Waals surface area contributed by atoms with Gasteiger partial charge in [-0.1, -0.05) is 72.8 Å². The highest BCUT2D eigenvalue weighted by atomic mass is 79.9. The van der Waals surface area contributed by atoms with Crippen molar-refractivity contribution >= 4 is 37.9 Å². The van der Waals surface area contributed by atoms with Crippen LogP contribution in [0.15, 0.2) is 126 Å². The fourth-order valence-corrected chi connectivity index (χ4v) is 6.29. The maximum Gasteiger partial charge on any atom is 0.346 e. The van der Waals surface area contributed by atoms with E-state index in [-0.39, 0.29) is 22.9 Å². The zero-order chi connectivity index (χ0) is 23.4. The third kappa shape index (κ3) is 5.51. The molecule has 8 heteroatoms. The molecule has 0 N–H and O–H groups in total. The zero-order valence-corrected chi connectivity index (χ0v) is 21.8. The fourth-order valence-electron chi connectivity index (χ4n) is 3.66. The lowest BCUT2D eigenvalue weighted by Gasteiger charge is -2.18. The predicted molar refractivity (Wildman–Crippen MR) is 136 cm³/mol. The number of anilines is 3. The van der Waals surface area contributed by atoms with E-state index in [0.717, 1.165) is 16.9 Å². The highest BCUT2D eigenvalue weighted by Gasteiger charge is 2.31. The highest BCUT2D eigenvalue weighted by Crippen LogP contribution is 2.36. The Kier molecular flexibility index (Phi) is 7.75. The number of benzene rings is 4. The summed E-state index contributed by atoms with van der Waals surface area (Å²) in [5.74, 6) is 0.410. The van der Waals surface area contributed by atoms with E-state index in [1.54, 1.807) is 28.2 Å². The Balaban J connectivity index is 0.00000289. The molecule has 0 amide bonds. The smallest absolute Gasteiger partial charge is 0.346 e. The summed E-state index contributed by atoms with van der Waals surface area (Å²) < 4.78 is 28.3. The summed E-state index contributed by atoms with van der Waals surface area (Å²) >= 11 is 1.33. The Labute approximate surface area is 219 Å². The van der Waals surface area contributed by atoms with Crippen LogP contribution in [0.3, 0.4) is 0 Å². The molecular weight excluding hydrogens is 542 g/mol. The Bertz CT molecular complexity index is 1440. The van der Waals surface area contributed by atoms with Crippen LogP contribution in [0, 0.1) is 0 Å². The van der Waals surface area contributed by atoms with Crippen molar-refractivity contribution in [3.05, 3.63) is 121 Å². The number of sulfone groups is 1. The number of nitrogens with zero attached hydrogens (tertiary/aromatic N) is 3. The van der Waals surface area contributed by atoms with Crippen LogP contribution >= 0.6 is 11.5 Å². The van der Waals surface area contributed by atoms with E-state index in [9.17, 15) is 8.42 Å². The molecule has 0 radical (unpaired) electrons. The van der Waals surface area contributed by atoms with Crippen LogP contribution in [0.4, 0.5) is 16.5 Å². The summed E-state index contributed by atoms with van der Waals surface area (Å²) in [6.07, 6.45) is 0. The SMILES string of the molecule is O=S(=O)(C[n+]1sc(N(c2ccccc2)c2ccccc2)nc1-c1ccccc1)c1ccccc1.[Br-]. The molecule has 1 heterocycles. The molecule has 0 aliphatic heterocycles. The van der Waals surface area contributed by atoms with Crippen LogP contribution in [0.1, 0.15) is 0 Å².